The lowest BCUT2D eigenvalue weighted by molar-refractivity contribution is 0.618. The molecule has 0 spiro atoms. The molecule has 1 aromatic carbocycles. The second-order valence-electron chi connectivity index (χ2n) is 4.31. The Kier molecular flexibility index (Phi) is 3.28. The van der Waals surface area contributed by atoms with Gasteiger partial charge < -0.3 is 5.32 Å². The third kappa shape index (κ3) is 2.18. The maximum atomic E-state index is 13.3. The molecule has 0 aliphatic heterocycles. The second kappa shape index (κ2) is 4.72. The lowest BCUT2D eigenvalue weighted by atomic mass is 10.0. The molecule has 2 aromatic rings. The van der Waals surface area contributed by atoms with Crippen LogP contribution in [0.4, 0.5) is 10.2 Å². The van der Waals surface area contributed by atoms with Gasteiger partial charge in [0.25, 0.3) is 0 Å². The molecule has 18 heavy (non-hydrogen) atoms. The molecule has 4 heteroatoms. The van der Waals surface area contributed by atoms with Gasteiger partial charge in [-0.15, -0.1) is 0 Å². The van der Waals surface area contributed by atoms with Crippen LogP contribution in [0.1, 0.15) is 17.0 Å². The van der Waals surface area contributed by atoms with Gasteiger partial charge in [-0.25, -0.2) is 14.4 Å². The van der Waals surface area contributed by atoms with Crippen molar-refractivity contribution in [1.82, 2.24) is 9.97 Å². The zero-order valence-corrected chi connectivity index (χ0v) is 11.0. The maximum Gasteiger partial charge on any atom is 0.132 e. The van der Waals surface area contributed by atoms with Crippen molar-refractivity contribution >= 4 is 5.82 Å². The van der Waals surface area contributed by atoms with E-state index in [0.29, 0.717) is 11.4 Å². The third-order valence-electron chi connectivity index (χ3n) is 2.93. The lowest BCUT2D eigenvalue weighted by Gasteiger charge is -2.11. The van der Waals surface area contributed by atoms with Crippen LogP contribution in [0.2, 0.25) is 0 Å². The minimum atomic E-state index is -0.198. The minimum absolute atomic E-state index is 0.198. The summed E-state index contributed by atoms with van der Waals surface area (Å²) in [6.45, 7) is 5.56. The van der Waals surface area contributed by atoms with Crippen LogP contribution in [-0.4, -0.2) is 17.0 Å². The van der Waals surface area contributed by atoms with Crippen LogP contribution in [0.3, 0.4) is 0 Å². The SMILES string of the molecule is CNc1nc(C)nc(-c2ccc(F)c(C)c2)c1C. The number of aryl methyl sites for hydroxylation is 2. The molecule has 0 saturated heterocycles. The zero-order chi connectivity index (χ0) is 13.3. The quantitative estimate of drug-likeness (QED) is 0.882. The first-order chi connectivity index (χ1) is 8.52. The van der Waals surface area contributed by atoms with E-state index in [9.17, 15) is 4.39 Å². The number of nitrogens with zero attached hydrogens (tertiary/aromatic N) is 2. The van der Waals surface area contributed by atoms with Crippen molar-refractivity contribution in [3.63, 3.8) is 0 Å². The van der Waals surface area contributed by atoms with Gasteiger partial charge in [0.05, 0.1) is 5.69 Å². The summed E-state index contributed by atoms with van der Waals surface area (Å²) in [5.41, 5.74) is 3.34. The Morgan fingerprint density at radius 1 is 1.11 bits per heavy atom. The Bertz CT molecular complexity index is 594. The number of benzene rings is 1. The topological polar surface area (TPSA) is 37.8 Å². The first kappa shape index (κ1) is 12.5. The van der Waals surface area contributed by atoms with Gasteiger partial charge >= 0.3 is 0 Å². The Hall–Kier alpha value is -1.97. The highest BCUT2D eigenvalue weighted by Crippen LogP contribution is 2.26. The van der Waals surface area contributed by atoms with E-state index >= 15 is 0 Å². The Labute approximate surface area is 106 Å². The van der Waals surface area contributed by atoms with Crippen LogP contribution >= 0.6 is 0 Å². The van der Waals surface area contributed by atoms with E-state index in [4.69, 9.17) is 0 Å². The van der Waals surface area contributed by atoms with E-state index in [1.54, 1.807) is 13.0 Å². The molecule has 0 atom stereocenters. The molecule has 1 aromatic heterocycles. The van der Waals surface area contributed by atoms with E-state index in [2.05, 4.69) is 15.3 Å². The molecule has 1 N–H and O–H groups in total. The van der Waals surface area contributed by atoms with Crippen molar-refractivity contribution in [1.29, 1.82) is 0 Å². The average molecular weight is 245 g/mol. The van der Waals surface area contributed by atoms with Crippen LogP contribution in [-0.2, 0) is 0 Å². The molecule has 94 valence electrons. The predicted octanol–water partition coefficient (Wildman–Crippen LogP) is 3.25. The van der Waals surface area contributed by atoms with Gasteiger partial charge in [-0.2, -0.15) is 0 Å². The first-order valence-corrected chi connectivity index (χ1v) is 5.82. The van der Waals surface area contributed by atoms with Crippen LogP contribution < -0.4 is 5.32 Å². The molecule has 0 bridgehead atoms. The molecule has 0 fully saturated rings. The summed E-state index contributed by atoms with van der Waals surface area (Å²) < 4.78 is 13.3. The molecule has 0 saturated carbocycles. The molecular formula is C14H16FN3. The summed E-state index contributed by atoms with van der Waals surface area (Å²) in [6, 6.07) is 5.03. The highest BCUT2D eigenvalue weighted by Gasteiger charge is 2.11. The molecule has 1 heterocycles. The van der Waals surface area contributed by atoms with E-state index < -0.39 is 0 Å². The number of anilines is 1. The average Bonchev–Trinajstić information content (AvgIpc) is 2.35. The highest BCUT2D eigenvalue weighted by molar-refractivity contribution is 5.68. The maximum absolute atomic E-state index is 13.3. The van der Waals surface area contributed by atoms with E-state index in [0.717, 1.165) is 22.6 Å². The number of aromatic nitrogens is 2. The lowest BCUT2D eigenvalue weighted by Crippen LogP contribution is -2.03. The van der Waals surface area contributed by atoms with E-state index in [1.165, 1.54) is 6.07 Å². The number of halogens is 1. The molecule has 3 nitrogen and oxygen atoms in total. The van der Waals surface area contributed by atoms with E-state index in [1.807, 2.05) is 27.0 Å². The molecule has 0 amide bonds. The van der Waals surface area contributed by atoms with Gasteiger partial charge in [0.15, 0.2) is 0 Å². The summed E-state index contributed by atoms with van der Waals surface area (Å²) in [6.07, 6.45) is 0. The standard InChI is InChI=1S/C14H16FN3/c1-8-7-11(5-6-12(8)15)13-9(2)14(16-4)18-10(3)17-13/h5-7H,1-4H3,(H,16,17,18). The van der Waals surface area contributed by atoms with Gasteiger partial charge in [0.1, 0.15) is 17.5 Å². The molecule has 0 radical (unpaired) electrons. The van der Waals surface area contributed by atoms with Crippen LogP contribution in [0.25, 0.3) is 11.3 Å². The molecular weight excluding hydrogens is 229 g/mol. The summed E-state index contributed by atoms with van der Waals surface area (Å²) >= 11 is 0. The largest absolute Gasteiger partial charge is 0.373 e. The first-order valence-electron chi connectivity index (χ1n) is 5.82. The third-order valence-corrected chi connectivity index (χ3v) is 2.93. The van der Waals surface area contributed by atoms with Crippen molar-refractivity contribution in [3.8, 4) is 11.3 Å². The highest BCUT2D eigenvalue weighted by atomic mass is 19.1. The van der Waals surface area contributed by atoms with Crippen molar-refractivity contribution in [2.45, 2.75) is 20.8 Å². The molecule has 2 rings (SSSR count). The Balaban J connectivity index is 2.63. The Morgan fingerprint density at radius 3 is 2.44 bits per heavy atom. The summed E-state index contributed by atoms with van der Waals surface area (Å²) in [7, 11) is 1.83. The van der Waals surface area contributed by atoms with Crippen molar-refractivity contribution in [2.75, 3.05) is 12.4 Å². The number of rotatable bonds is 2. The summed E-state index contributed by atoms with van der Waals surface area (Å²) in [5, 5.41) is 3.05. The predicted molar refractivity (Wildman–Crippen MR) is 71.2 cm³/mol. The summed E-state index contributed by atoms with van der Waals surface area (Å²) in [4.78, 5) is 8.77. The second-order valence-corrected chi connectivity index (χ2v) is 4.31. The van der Waals surface area contributed by atoms with Crippen LogP contribution in [0.5, 0.6) is 0 Å². The fourth-order valence-electron chi connectivity index (χ4n) is 1.94. The minimum Gasteiger partial charge on any atom is -0.373 e. The van der Waals surface area contributed by atoms with Gasteiger partial charge in [-0.3, -0.25) is 0 Å². The van der Waals surface area contributed by atoms with Crippen LogP contribution in [0.15, 0.2) is 18.2 Å². The molecule has 0 unspecified atom stereocenters. The van der Waals surface area contributed by atoms with E-state index in [-0.39, 0.29) is 5.82 Å². The van der Waals surface area contributed by atoms with Crippen molar-refractivity contribution in [2.24, 2.45) is 0 Å². The number of nitrogens with one attached hydrogen (secondary N) is 1. The smallest absolute Gasteiger partial charge is 0.132 e. The molecule has 0 aliphatic carbocycles. The number of hydrogen-bond acceptors (Lipinski definition) is 3. The summed E-state index contributed by atoms with van der Waals surface area (Å²) in [5.74, 6) is 1.30. The number of hydrogen-bond donors (Lipinski definition) is 1. The van der Waals surface area contributed by atoms with Crippen LogP contribution in [0, 0.1) is 26.6 Å². The molecule has 0 aliphatic rings. The normalized spacial score (nSPS) is 10.5. The van der Waals surface area contributed by atoms with Crippen molar-refractivity contribution in [3.05, 3.63) is 41.0 Å². The monoisotopic (exact) mass is 245 g/mol. The van der Waals surface area contributed by atoms with Gasteiger partial charge in [-0.05, 0) is 44.5 Å². The Morgan fingerprint density at radius 2 is 1.83 bits per heavy atom. The fourth-order valence-corrected chi connectivity index (χ4v) is 1.94. The van der Waals surface area contributed by atoms with Crippen molar-refractivity contribution < 1.29 is 4.39 Å². The van der Waals surface area contributed by atoms with Gasteiger partial charge in [-0.1, -0.05) is 0 Å². The van der Waals surface area contributed by atoms with Gasteiger partial charge in [0, 0.05) is 18.2 Å². The fraction of sp³-hybridized carbons (Fsp3) is 0.286. The zero-order valence-electron chi connectivity index (χ0n) is 11.0. The van der Waals surface area contributed by atoms with Gasteiger partial charge in [0.2, 0.25) is 0 Å².